The zero-order valence-corrected chi connectivity index (χ0v) is 15.5. The van der Waals surface area contributed by atoms with E-state index in [1.807, 2.05) is 28.8 Å². The number of benzene rings is 2. The quantitative estimate of drug-likeness (QED) is 0.431. The summed E-state index contributed by atoms with van der Waals surface area (Å²) in [6, 6.07) is 16.4. The molecule has 2 aromatic carbocycles. The van der Waals surface area contributed by atoms with Gasteiger partial charge in [0.15, 0.2) is 0 Å². The molecule has 4 heteroatoms. The molecule has 0 unspecified atom stereocenters. The van der Waals surface area contributed by atoms with E-state index < -0.39 is 0 Å². The lowest BCUT2D eigenvalue weighted by molar-refractivity contribution is 0.0600. The topological polar surface area (TPSA) is 30.7 Å². The molecule has 0 bridgehead atoms. The first-order chi connectivity index (χ1) is 13.0. The highest BCUT2D eigenvalue weighted by molar-refractivity contribution is 6.07. The van der Waals surface area contributed by atoms with Crippen LogP contribution in [0.1, 0.15) is 35.7 Å². The van der Waals surface area contributed by atoms with Gasteiger partial charge in [-0.05, 0) is 52.8 Å². The number of rotatable bonds is 3. The van der Waals surface area contributed by atoms with Crippen LogP contribution in [0.2, 0.25) is 0 Å². The molecule has 0 aliphatic rings. The van der Waals surface area contributed by atoms with Gasteiger partial charge in [-0.2, -0.15) is 0 Å². The second-order valence-electron chi connectivity index (χ2n) is 6.91. The number of carbonyl (C=O) groups excluding carboxylic acids is 1. The number of hydrogen-bond donors (Lipinski definition) is 0. The maximum atomic E-state index is 13.5. The van der Waals surface area contributed by atoms with Crippen LogP contribution in [-0.2, 0) is 4.74 Å². The fraction of sp³-hybridized carbons (Fsp3) is 0.174. The Kier molecular flexibility index (Phi) is 4.19. The van der Waals surface area contributed by atoms with Crippen molar-refractivity contribution in [1.29, 1.82) is 0 Å². The Labute approximate surface area is 157 Å². The highest BCUT2D eigenvalue weighted by Crippen LogP contribution is 2.39. The maximum absolute atomic E-state index is 13.5. The van der Waals surface area contributed by atoms with Crippen molar-refractivity contribution in [3.63, 3.8) is 0 Å². The second-order valence-corrected chi connectivity index (χ2v) is 6.91. The molecule has 0 spiro atoms. The van der Waals surface area contributed by atoms with Gasteiger partial charge in [-0.3, -0.25) is 0 Å². The Morgan fingerprint density at radius 2 is 1.74 bits per heavy atom. The van der Waals surface area contributed by atoms with Gasteiger partial charge in [0.05, 0.1) is 23.9 Å². The molecule has 0 amide bonds. The summed E-state index contributed by atoms with van der Waals surface area (Å²) in [6.45, 7) is 4.13. The zero-order chi connectivity index (χ0) is 19.1. The number of pyridine rings is 1. The fourth-order valence-corrected chi connectivity index (χ4v) is 3.81. The number of halogens is 1. The third kappa shape index (κ3) is 2.69. The molecule has 0 aliphatic heterocycles. The minimum absolute atomic E-state index is 0.106. The van der Waals surface area contributed by atoms with Crippen molar-refractivity contribution >= 4 is 22.3 Å². The van der Waals surface area contributed by atoms with E-state index in [0.29, 0.717) is 5.56 Å². The summed E-state index contributed by atoms with van der Waals surface area (Å²) in [5.74, 6) is -0.589. The SMILES string of the molecule is COC(=O)c1c(C(C)C)c2c3ccccc3ccn2c1-c1ccc(F)cc1. The van der Waals surface area contributed by atoms with Gasteiger partial charge in [-0.25, -0.2) is 9.18 Å². The molecule has 2 heterocycles. The molecule has 0 aliphatic carbocycles. The first-order valence-corrected chi connectivity index (χ1v) is 8.92. The van der Waals surface area contributed by atoms with Gasteiger partial charge in [0.2, 0.25) is 0 Å². The van der Waals surface area contributed by atoms with E-state index in [-0.39, 0.29) is 17.7 Å². The molecule has 0 saturated heterocycles. The molecule has 0 saturated carbocycles. The summed E-state index contributed by atoms with van der Waals surface area (Å²) in [4.78, 5) is 12.8. The lowest BCUT2D eigenvalue weighted by Gasteiger charge is -2.09. The van der Waals surface area contributed by atoms with Crippen LogP contribution in [0.15, 0.2) is 60.8 Å². The number of esters is 1. The van der Waals surface area contributed by atoms with E-state index in [1.165, 1.54) is 19.2 Å². The lowest BCUT2D eigenvalue weighted by Crippen LogP contribution is -2.06. The summed E-state index contributed by atoms with van der Waals surface area (Å²) in [5.41, 5.74) is 3.97. The molecule has 0 atom stereocenters. The van der Waals surface area contributed by atoms with Gasteiger partial charge in [-0.1, -0.05) is 38.1 Å². The average molecular weight is 361 g/mol. The van der Waals surface area contributed by atoms with Crippen molar-refractivity contribution in [2.24, 2.45) is 0 Å². The van der Waals surface area contributed by atoms with E-state index in [2.05, 4.69) is 26.0 Å². The minimum atomic E-state index is -0.384. The molecule has 4 aromatic rings. The van der Waals surface area contributed by atoms with E-state index in [0.717, 1.165) is 33.1 Å². The van der Waals surface area contributed by atoms with Crippen LogP contribution in [0, 0.1) is 5.82 Å². The zero-order valence-electron chi connectivity index (χ0n) is 15.5. The van der Waals surface area contributed by atoms with E-state index >= 15 is 0 Å². The van der Waals surface area contributed by atoms with Crippen molar-refractivity contribution in [3.05, 3.63) is 77.7 Å². The van der Waals surface area contributed by atoms with Crippen molar-refractivity contribution in [2.75, 3.05) is 7.11 Å². The van der Waals surface area contributed by atoms with Crippen molar-refractivity contribution in [2.45, 2.75) is 19.8 Å². The lowest BCUT2D eigenvalue weighted by atomic mass is 9.95. The number of methoxy groups -OCH3 is 1. The number of carbonyl (C=O) groups is 1. The van der Waals surface area contributed by atoms with Gasteiger partial charge in [-0.15, -0.1) is 0 Å². The van der Waals surface area contributed by atoms with Gasteiger partial charge >= 0.3 is 5.97 Å². The van der Waals surface area contributed by atoms with Crippen LogP contribution in [0.4, 0.5) is 4.39 Å². The van der Waals surface area contributed by atoms with E-state index in [9.17, 15) is 9.18 Å². The maximum Gasteiger partial charge on any atom is 0.340 e. The third-order valence-electron chi connectivity index (χ3n) is 4.95. The summed E-state index contributed by atoms with van der Waals surface area (Å²) in [5, 5.41) is 2.17. The van der Waals surface area contributed by atoms with Crippen LogP contribution >= 0.6 is 0 Å². The highest BCUT2D eigenvalue weighted by Gasteiger charge is 2.28. The van der Waals surface area contributed by atoms with Crippen LogP contribution < -0.4 is 0 Å². The van der Waals surface area contributed by atoms with Gasteiger partial charge < -0.3 is 9.14 Å². The summed E-state index contributed by atoms with van der Waals surface area (Å²) in [7, 11) is 1.39. The monoisotopic (exact) mass is 361 g/mol. The minimum Gasteiger partial charge on any atom is -0.465 e. The molecule has 0 fully saturated rings. The van der Waals surface area contributed by atoms with Gasteiger partial charge in [0, 0.05) is 11.6 Å². The van der Waals surface area contributed by atoms with Gasteiger partial charge in [0.25, 0.3) is 0 Å². The molecule has 136 valence electrons. The third-order valence-corrected chi connectivity index (χ3v) is 4.95. The molecule has 3 nitrogen and oxygen atoms in total. The second kappa shape index (κ2) is 6.54. The summed E-state index contributed by atoms with van der Waals surface area (Å²) < 4.78 is 20.6. The number of hydrogen-bond acceptors (Lipinski definition) is 2. The Morgan fingerprint density at radius 1 is 1.04 bits per heavy atom. The van der Waals surface area contributed by atoms with Gasteiger partial charge in [0.1, 0.15) is 5.82 Å². The predicted octanol–water partition coefficient (Wildman–Crippen LogP) is 5.81. The number of fused-ring (bicyclic) bond motifs is 3. The Bertz CT molecular complexity index is 1160. The van der Waals surface area contributed by atoms with Crippen molar-refractivity contribution in [3.8, 4) is 11.3 Å². The number of aromatic nitrogens is 1. The smallest absolute Gasteiger partial charge is 0.340 e. The molecular weight excluding hydrogens is 341 g/mol. The standard InChI is InChI=1S/C23H20FNO2/c1-14(2)19-20(23(26)27-3)21(16-8-10-17(24)11-9-16)25-13-12-15-6-4-5-7-18(15)22(19)25/h4-14H,1-3H3. The van der Waals surface area contributed by atoms with Crippen LogP contribution in [0.25, 0.3) is 27.5 Å². The first-order valence-electron chi connectivity index (χ1n) is 8.92. The fourth-order valence-electron chi connectivity index (χ4n) is 3.81. The van der Waals surface area contributed by atoms with E-state index in [4.69, 9.17) is 4.74 Å². The number of nitrogens with zero attached hydrogens (tertiary/aromatic N) is 1. The van der Waals surface area contributed by atoms with Crippen molar-refractivity contribution < 1.29 is 13.9 Å². The van der Waals surface area contributed by atoms with Crippen LogP contribution in [0.5, 0.6) is 0 Å². The Morgan fingerprint density at radius 3 is 2.41 bits per heavy atom. The summed E-state index contributed by atoms with van der Waals surface area (Å²) >= 11 is 0. The largest absolute Gasteiger partial charge is 0.465 e. The van der Waals surface area contributed by atoms with Crippen molar-refractivity contribution in [1.82, 2.24) is 4.40 Å². The molecule has 0 N–H and O–H groups in total. The molecule has 0 radical (unpaired) electrons. The Hall–Kier alpha value is -3.14. The Balaban J connectivity index is 2.23. The molecular formula is C23H20FNO2. The average Bonchev–Trinajstić information content (AvgIpc) is 3.04. The molecule has 27 heavy (non-hydrogen) atoms. The predicted molar refractivity (Wildman–Crippen MR) is 106 cm³/mol. The first kappa shape index (κ1) is 17.3. The van der Waals surface area contributed by atoms with Crippen LogP contribution in [0.3, 0.4) is 0 Å². The van der Waals surface area contributed by atoms with Crippen LogP contribution in [-0.4, -0.2) is 17.5 Å². The number of ether oxygens (including phenoxy) is 1. The highest BCUT2D eigenvalue weighted by atomic mass is 19.1. The summed E-state index contributed by atoms with van der Waals surface area (Å²) in [6.07, 6.45) is 1.97. The molecule has 2 aromatic heterocycles. The van der Waals surface area contributed by atoms with E-state index in [1.54, 1.807) is 12.1 Å². The molecule has 4 rings (SSSR count). The normalized spacial score (nSPS) is 11.4.